The van der Waals surface area contributed by atoms with Crippen LogP contribution in [-0.2, 0) is 16.6 Å². The molecule has 0 fully saturated rings. The second kappa shape index (κ2) is 6.47. The molecule has 7 nitrogen and oxygen atoms in total. The Hall–Kier alpha value is -0.960. The number of aromatic nitrogens is 2. The summed E-state index contributed by atoms with van der Waals surface area (Å²) in [6, 6.07) is 0. The molecule has 0 aliphatic rings. The number of nitrogens with one attached hydrogen (secondary N) is 1. The zero-order valence-electron chi connectivity index (χ0n) is 11.8. The number of likely N-dealkylation sites (N-methyl/N-ethyl adjacent to an activating group) is 1. The summed E-state index contributed by atoms with van der Waals surface area (Å²) >= 11 is 0. The summed E-state index contributed by atoms with van der Waals surface area (Å²) in [6.07, 6.45) is 0. The molecule has 0 aromatic carbocycles. The monoisotopic (exact) mass is 290 g/mol. The van der Waals surface area contributed by atoms with Gasteiger partial charge in [0, 0.05) is 13.1 Å². The smallest absolute Gasteiger partial charge is 0.244 e. The highest BCUT2D eigenvalue weighted by Crippen LogP contribution is 2.18. The maximum Gasteiger partial charge on any atom is 0.244 e. The van der Waals surface area contributed by atoms with Crippen LogP contribution in [0.15, 0.2) is 4.90 Å². The third-order valence-corrected chi connectivity index (χ3v) is 4.46. The summed E-state index contributed by atoms with van der Waals surface area (Å²) in [7, 11) is 0.202. The minimum absolute atomic E-state index is 0.0739. The van der Waals surface area contributed by atoms with Crippen LogP contribution in [0.1, 0.15) is 11.4 Å². The Morgan fingerprint density at radius 3 is 2.53 bits per heavy atom. The number of aliphatic hydroxyl groups is 1. The molecule has 8 heteroatoms. The van der Waals surface area contributed by atoms with Crippen molar-refractivity contribution in [2.75, 3.05) is 33.8 Å². The van der Waals surface area contributed by atoms with E-state index < -0.39 is 10.0 Å². The van der Waals surface area contributed by atoms with Gasteiger partial charge < -0.3 is 10.0 Å². The van der Waals surface area contributed by atoms with Gasteiger partial charge in [0.15, 0.2) is 0 Å². The van der Waals surface area contributed by atoms with E-state index in [1.165, 1.54) is 4.68 Å². The minimum atomic E-state index is -3.56. The van der Waals surface area contributed by atoms with Crippen LogP contribution in [0.2, 0.25) is 0 Å². The third-order valence-electron chi connectivity index (χ3n) is 2.75. The van der Waals surface area contributed by atoms with Crippen molar-refractivity contribution in [3.8, 4) is 0 Å². The fourth-order valence-corrected chi connectivity index (χ4v) is 3.29. The topological polar surface area (TPSA) is 87.5 Å². The number of aliphatic hydroxyl groups excluding tert-OH is 1. The molecule has 0 radical (unpaired) electrons. The van der Waals surface area contributed by atoms with Gasteiger partial charge in [-0.1, -0.05) is 0 Å². The fraction of sp³-hybridized carbons (Fsp3) is 0.727. The molecule has 0 aliphatic carbocycles. The zero-order valence-corrected chi connectivity index (χ0v) is 12.7. The zero-order chi connectivity index (χ0) is 14.6. The van der Waals surface area contributed by atoms with Gasteiger partial charge in [-0.25, -0.2) is 13.1 Å². The average Bonchev–Trinajstić information content (AvgIpc) is 2.54. The van der Waals surface area contributed by atoms with Gasteiger partial charge in [-0.05, 0) is 27.9 Å². The second-order valence-corrected chi connectivity index (χ2v) is 6.35. The van der Waals surface area contributed by atoms with E-state index in [1.54, 1.807) is 13.8 Å². The van der Waals surface area contributed by atoms with E-state index in [-0.39, 0.29) is 11.5 Å². The lowest BCUT2D eigenvalue weighted by Crippen LogP contribution is -2.32. The molecule has 0 saturated heterocycles. The lowest BCUT2D eigenvalue weighted by Gasteiger charge is -2.11. The van der Waals surface area contributed by atoms with Gasteiger partial charge >= 0.3 is 0 Å². The highest BCUT2D eigenvalue weighted by molar-refractivity contribution is 7.89. The summed E-state index contributed by atoms with van der Waals surface area (Å²) in [5, 5.41) is 13.1. The van der Waals surface area contributed by atoms with Gasteiger partial charge in [-0.3, -0.25) is 4.68 Å². The molecule has 0 aliphatic heterocycles. The highest BCUT2D eigenvalue weighted by Gasteiger charge is 2.23. The molecule has 2 N–H and O–H groups in total. The van der Waals surface area contributed by atoms with E-state index in [9.17, 15) is 8.42 Å². The van der Waals surface area contributed by atoms with Gasteiger partial charge in [0.05, 0.1) is 24.5 Å². The summed E-state index contributed by atoms with van der Waals surface area (Å²) < 4.78 is 28.5. The molecular formula is C11H22N4O3S. The molecule has 0 unspecified atom stereocenters. The van der Waals surface area contributed by atoms with E-state index in [2.05, 4.69) is 9.82 Å². The van der Waals surface area contributed by atoms with Crippen molar-refractivity contribution in [2.45, 2.75) is 25.3 Å². The Balaban J connectivity index is 2.95. The first-order chi connectivity index (χ1) is 8.79. The normalized spacial score (nSPS) is 12.3. The number of hydrogen-bond donors (Lipinski definition) is 2. The standard InChI is InChI=1S/C11H22N4O3S/c1-9-11(10(2)15(13-9)7-8-16)19(17,18)12-5-6-14(3)4/h12,16H,5-8H2,1-4H3. The van der Waals surface area contributed by atoms with Crippen molar-refractivity contribution in [2.24, 2.45) is 0 Å². The van der Waals surface area contributed by atoms with Gasteiger partial charge in [-0.2, -0.15) is 5.10 Å². The van der Waals surface area contributed by atoms with Crippen LogP contribution in [0.3, 0.4) is 0 Å². The van der Waals surface area contributed by atoms with Gasteiger partial charge in [0.2, 0.25) is 10.0 Å². The number of nitrogens with zero attached hydrogens (tertiary/aromatic N) is 3. The molecule has 0 amide bonds. The van der Waals surface area contributed by atoms with Crippen LogP contribution in [-0.4, -0.2) is 62.0 Å². The molecule has 0 saturated carbocycles. The SMILES string of the molecule is Cc1nn(CCO)c(C)c1S(=O)(=O)NCCN(C)C. The molecular weight excluding hydrogens is 268 g/mol. The highest BCUT2D eigenvalue weighted by atomic mass is 32.2. The lowest BCUT2D eigenvalue weighted by atomic mass is 10.4. The van der Waals surface area contributed by atoms with Gasteiger partial charge in [0.25, 0.3) is 0 Å². The first kappa shape index (κ1) is 16.1. The molecule has 0 spiro atoms. The Labute approximate surface area is 114 Å². The molecule has 1 aromatic heterocycles. The van der Waals surface area contributed by atoms with Crippen molar-refractivity contribution in [3.05, 3.63) is 11.4 Å². The van der Waals surface area contributed by atoms with Crippen molar-refractivity contribution < 1.29 is 13.5 Å². The van der Waals surface area contributed by atoms with Crippen LogP contribution in [0, 0.1) is 13.8 Å². The first-order valence-electron chi connectivity index (χ1n) is 6.09. The van der Waals surface area contributed by atoms with Crippen LogP contribution < -0.4 is 4.72 Å². The second-order valence-electron chi connectivity index (χ2n) is 4.65. The van der Waals surface area contributed by atoms with E-state index in [0.29, 0.717) is 31.0 Å². The third kappa shape index (κ3) is 4.00. The molecule has 0 bridgehead atoms. The van der Waals surface area contributed by atoms with E-state index in [1.807, 2.05) is 19.0 Å². The predicted molar refractivity (Wildman–Crippen MR) is 72.5 cm³/mol. The van der Waals surface area contributed by atoms with Crippen LogP contribution in [0.4, 0.5) is 0 Å². The summed E-state index contributed by atoms with van der Waals surface area (Å²) in [5.41, 5.74) is 0.993. The Morgan fingerprint density at radius 2 is 2.00 bits per heavy atom. The quantitative estimate of drug-likeness (QED) is 0.695. The molecule has 19 heavy (non-hydrogen) atoms. The number of rotatable bonds is 7. The number of sulfonamides is 1. The van der Waals surface area contributed by atoms with Crippen LogP contribution in [0.5, 0.6) is 0 Å². The average molecular weight is 290 g/mol. The molecule has 1 heterocycles. The lowest BCUT2D eigenvalue weighted by molar-refractivity contribution is 0.267. The van der Waals surface area contributed by atoms with Crippen molar-refractivity contribution in [1.82, 2.24) is 19.4 Å². The Kier molecular flexibility index (Phi) is 5.48. The Morgan fingerprint density at radius 1 is 1.37 bits per heavy atom. The van der Waals surface area contributed by atoms with Crippen LogP contribution in [0.25, 0.3) is 0 Å². The van der Waals surface area contributed by atoms with E-state index in [4.69, 9.17) is 5.11 Å². The number of aryl methyl sites for hydroxylation is 1. The van der Waals surface area contributed by atoms with E-state index in [0.717, 1.165) is 0 Å². The van der Waals surface area contributed by atoms with Crippen molar-refractivity contribution in [1.29, 1.82) is 0 Å². The van der Waals surface area contributed by atoms with Crippen LogP contribution >= 0.6 is 0 Å². The summed E-state index contributed by atoms with van der Waals surface area (Å²) in [6.45, 7) is 4.54. The van der Waals surface area contributed by atoms with Gasteiger partial charge in [-0.15, -0.1) is 0 Å². The van der Waals surface area contributed by atoms with E-state index >= 15 is 0 Å². The first-order valence-corrected chi connectivity index (χ1v) is 7.57. The van der Waals surface area contributed by atoms with Crippen molar-refractivity contribution in [3.63, 3.8) is 0 Å². The number of hydrogen-bond acceptors (Lipinski definition) is 5. The summed E-state index contributed by atoms with van der Waals surface area (Å²) in [4.78, 5) is 2.11. The molecule has 110 valence electrons. The molecule has 1 rings (SSSR count). The molecule has 1 aromatic rings. The largest absolute Gasteiger partial charge is 0.394 e. The van der Waals surface area contributed by atoms with Crippen molar-refractivity contribution >= 4 is 10.0 Å². The maximum absolute atomic E-state index is 12.2. The predicted octanol–water partition coefficient (Wildman–Crippen LogP) is -0.668. The molecule has 0 atom stereocenters. The fourth-order valence-electron chi connectivity index (χ4n) is 1.86. The minimum Gasteiger partial charge on any atom is -0.394 e. The summed E-state index contributed by atoms with van der Waals surface area (Å²) in [5.74, 6) is 0. The maximum atomic E-state index is 12.2. The Bertz CT molecular complexity index is 522. The van der Waals surface area contributed by atoms with Gasteiger partial charge in [0.1, 0.15) is 4.90 Å².